The lowest BCUT2D eigenvalue weighted by Gasteiger charge is -2.34. The largest absolute Gasteiger partial charge is 0.508 e. The number of likely N-dealkylation sites (N-methyl/N-ethyl adjacent to an activating group) is 1. The number of hydrogen-bond donors (Lipinski definition) is 2. The number of anilines is 1. The molecule has 1 unspecified atom stereocenters. The van der Waals surface area contributed by atoms with E-state index >= 15 is 0 Å². The average molecular weight is 652 g/mol. The van der Waals surface area contributed by atoms with Gasteiger partial charge in [-0.25, -0.2) is 0 Å². The zero-order valence-corrected chi connectivity index (χ0v) is 27.3. The van der Waals surface area contributed by atoms with E-state index in [-0.39, 0.29) is 5.75 Å². The number of rotatable bonds is 8. The Morgan fingerprint density at radius 3 is 2.51 bits per heavy atom. The molecule has 2 bridgehead atoms. The fourth-order valence-electron chi connectivity index (χ4n) is 7.38. The van der Waals surface area contributed by atoms with E-state index in [2.05, 4.69) is 22.2 Å². The van der Waals surface area contributed by atoms with Crippen LogP contribution in [0, 0.1) is 0 Å². The second-order valence-corrected chi connectivity index (χ2v) is 13.3. The van der Waals surface area contributed by atoms with Crippen LogP contribution < -0.4 is 24.4 Å². The monoisotopic (exact) mass is 651 g/mol. The Kier molecular flexibility index (Phi) is 7.91. The number of fused-ring (bicyclic) bond motifs is 4. The molecule has 8 rings (SSSR count). The van der Waals surface area contributed by atoms with Gasteiger partial charge >= 0.3 is 6.01 Å². The zero-order valence-electron chi connectivity index (χ0n) is 26.6. The molecule has 242 valence electrons. The van der Waals surface area contributed by atoms with E-state index in [1.165, 1.54) is 6.42 Å². The van der Waals surface area contributed by atoms with Gasteiger partial charge in [-0.2, -0.15) is 9.97 Å². The lowest BCUT2D eigenvalue weighted by Crippen LogP contribution is -2.51. The molecule has 2 N–H and O–H groups in total. The van der Waals surface area contributed by atoms with E-state index < -0.39 is 0 Å². The number of phenolic OH excluding ortho intramolecular Hbond substituents is 1. The van der Waals surface area contributed by atoms with Crippen LogP contribution in [0.3, 0.4) is 0 Å². The molecule has 0 aliphatic carbocycles. The number of ether oxygens (including phenoxy) is 3. The van der Waals surface area contributed by atoms with Gasteiger partial charge in [0.05, 0.1) is 17.6 Å². The quantitative estimate of drug-likeness (QED) is 0.184. The van der Waals surface area contributed by atoms with Crippen molar-refractivity contribution in [2.45, 2.75) is 43.8 Å². The second-order valence-electron chi connectivity index (χ2n) is 12.9. The number of aromatic hydroxyl groups is 1. The first kappa shape index (κ1) is 30.1. The van der Waals surface area contributed by atoms with Crippen molar-refractivity contribution in [1.29, 1.82) is 0 Å². The molecule has 3 aliphatic heterocycles. The number of nitrogens with zero attached hydrogens (tertiary/aromatic N) is 4. The van der Waals surface area contributed by atoms with Gasteiger partial charge in [-0.3, -0.25) is 0 Å². The average Bonchev–Trinajstić information content (AvgIpc) is 3.65. The SMILES string of the molecule is COc1ccc(Oc2cc3c(N4C[C@H]5CC[C@@H](C4)N5)nc(OCC4CCCN4C)nc3cc2-c2cc(O)cc3ccccc23)c(Cl)c1. The number of likely N-dealkylation sites (tertiary alicyclic amines) is 1. The van der Waals surface area contributed by atoms with Gasteiger partial charge in [-0.15, -0.1) is 0 Å². The minimum atomic E-state index is 0.164. The number of aromatic nitrogens is 2. The number of hydrogen-bond acceptors (Lipinski definition) is 9. The highest BCUT2D eigenvalue weighted by Crippen LogP contribution is 2.44. The molecule has 3 aliphatic rings. The first-order valence-electron chi connectivity index (χ1n) is 16.3. The smallest absolute Gasteiger partial charge is 0.319 e. The van der Waals surface area contributed by atoms with E-state index in [0.717, 1.165) is 77.5 Å². The third-order valence-corrected chi connectivity index (χ3v) is 10.1. The highest BCUT2D eigenvalue weighted by molar-refractivity contribution is 6.32. The van der Waals surface area contributed by atoms with E-state index in [0.29, 0.717) is 53.0 Å². The van der Waals surface area contributed by atoms with Crippen molar-refractivity contribution < 1.29 is 19.3 Å². The Bertz CT molecular complexity index is 1960. The molecule has 4 heterocycles. The van der Waals surface area contributed by atoms with Crippen LogP contribution in [0.4, 0.5) is 5.82 Å². The minimum Gasteiger partial charge on any atom is -0.508 e. The zero-order chi connectivity index (χ0) is 32.1. The van der Waals surface area contributed by atoms with Crippen molar-refractivity contribution in [2.24, 2.45) is 0 Å². The maximum atomic E-state index is 10.8. The molecular formula is C37H38ClN5O4. The molecule has 47 heavy (non-hydrogen) atoms. The molecule has 5 aromatic rings. The molecule has 0 radical (unpaired) electrons. The summed E-state index contributed by atoms with van der Waals surface area (Å²) in [6.07, 6.45) is 4.57. The summed E-state index contributed by atoms with van der Waals surface area (Å²) in [5.41, 5.74) is 2.33. The van der Waals surface area contributed by atoms with Crippen LogP contribution in [0.5, 0.6) is 29.0 Å². The summed E-state index contributed by atoms with van der Waals surface area (Å²) in [6.45, 7) is 3.32. The fourth-order valence-corrected chi connectivity index (χ4v) is 7.59. The van der Waals surface area contributed by atoms with E-state index in [9.17, 15) is 5.11 Å². The Balaban J connectivity index is 1.31. The Hall–Kier alpha value is -4.31. The summed E-state index contributed by atoms with van der Waals surface area (Å²) in [5.74, 6) is 2.70. The molecular weight excluding hydrogens is 614 g/mol. The van der Waals surface area contributed by atoms with E-state index in [1.807, 2.05) is 42.5 Å². The van der Waals surface area contributed by atoms with Crippen molar-refractivity contribution in [3.8, 4) is 40.1 Å². The summed E-state index contributed by atoms with van der Waals surface area (Å²) in [6, 6.07) is 22.5. The van der Waals surface area contributed by atoms with E-state index in [1.54, 1.807) is 31.4 Å². The number of benzene rings is 4. The number of halogens is 1. The van der Waals surface area contributed by atoms with Crippen LogP contribution in [-0.2, 0) is 0 Å². The molecule has 9 nitrogen and oxygen atoms in total. The Labute approximate surface area is 279 Å². The molecule has 3 saturated heterocycles. The molecule has 10 heteroatoms. The fraction of sp³-hybridized carbons (Fsp3) is 0.351. The molecule has 0 amide bonds. The summed E-state index contributed by atoms with van der Waals surface area (Å²) in [4.78, 5) is 14.8. The van der Waals surface area contributed by atoms with Crippen LogP contribution in [0.25, 0.3) is 32.8 Å². The molecule has 1 aromatic heterocycles. The molecule has 0 spiro atoms. The van der Waals surface area contributed by atoms with Gasteiger partial charge < -0.3 is 34.4 Å². The minimum absolute atomic E-state index is 0.164. The highest BCUT2D eigenvalue weighted by Gasteiger charge is 2.34. The van der Waals surface area contributed by atoms with Crippen molar-refractivity contribution in [1.82, 2.24) is 20.2 Å². The van der Waals surface area contributed by atoms with Crippen LogP contribution >= 0.6 is 11.6 Å². The Morgan fingerprint density at radius 2 is 1.74 bits per heavy atom. The third-order valence-electron chi connectivity index (χ3n) is 9.84. The van der Waals surface area contributed by atoms with Gasteiger partial charge in [-0.05, 0) is 92.0 Å². The highest BCUT2D eigenvalue weighted by atomic mass is 35.5. The number of nitrogens with one attached hydrogen (secondary N) is 1. The van der Waals surface area contributed by atoms with Crippen LogP contribution in [-0.4, -0.2) is 78.5 Å². The summed E-state index contributed by atoms with van der Waals surface area (Å²) >= 11 is 6.70. The van der Waals surface area contributed by atoms with Gasteiger partial charge in [0.1, 0.15) is 35.4 Å². The molecule has 3 fully saturated rings. The molecule has 3 atom stereocenters. The maximum absolute atomic E-state index is 10.8. The van der Waals surface area contributed by atoms with Gasteiger partial charge in [-0.1, -0.05) is 35.9 Å². The van der Waals surface area contributed by atoms with Crippen molar-refractivity contribution in [3.63, 3.8) is 0 Å². The summed E-state index contributed by atoms with van der Waals surface area (Å²) in [5, 5.41) is 17.8. The number of methoxy groups -OCH3 is 1. The topological polar surface area (TPSA) is 92.2 Å². The lowest BCUT2D eigenvalue weighted by molar-refractivity contribution is 0.188. The summed E-state index contributed by atoms with van der Waals surface area (Å²) in [7, 11) is 3.75. The first-order valence-corrected chi connectivity index (χ1v) is 16.7. The number of phenols is 1. The van der Waals surface area contributed by atoms with E-state index in [4.69, 9.17) is 35.8 Å². The predicted molar refractivity (Wildman–Crippen MR) is 186 cm³/mol. The third kappa shape index (κ3) is 5.88. The van der Waals surface area contributed by atoms with Crippen LogP contribution in [0.2, 0.25) is 5.02 Å². The summed E-state index contributed by atoms with van der Waals surface area (Å²) < 4.78 is 18.4. The van der Waals surface area contributed by atoms with Crippen LogP contribution in [0.1, 0.15) is 25.7 Å². The first-order chi connectivity index (χ1) is 22.9. The normalized spacial score (nSPS) is 21.1. The van der Waals surface area contributed by atoms with Gasteiger partial charge in [0.25, 0.3) is 0 Å². The van der Waals surface area contributed by atoms with Gasteiger partial charge in [0.15, 0.2) is 0 Å². The van der Waals surface area contributed by atoms with Crippen LogP contribution in [0.15, 0.2) is 66.7 Å². The Morgan fingerprint density at radius 1 is 0.915 bits per heavy atom. The van der Waals surface area contributed by atoms with Gasteiger partial charge in [0, 0.05) is 48.2 Å². The second kappa shape index (κ2) is 12.4. The standard InChI is InChI=1S/C37H38ClN5O4/c1-42-13-5-7-25(42)21-46-37-40-33-17-30(29-15-26(44)14-22-6-3-4-8-28(22)29)35(47-34-12-11-27(45-2)16-32(34)38)18-31(33)36(41-37)43-19-23-9-10-24(20-43)39-23/h3-4,6,8,11-12,14-18,23-25,39,44H,5,7,9-10,13,19-21H2,1-2H3/t23-,24+,25?. The molecule has 4 aromatic carbocycles. The predicted octanol–water partition coefficient (Wildman–Crippen LogP) is 7.02. The maximum Gasteiger partial charge on any atom is 0.319 e. The van der Waals surface area contributed by atoms with Crippen molar-refractivity contribution in [3.05, 3.63) is 71.8 Å². The van der Waals surface area contributed by atoms with Crippen molar-refractivity contribution >= 4 is 39.1 Å². The molecule has 0 saturated carbocycles. The lowest BCUT2D eigenvalue weighted by atomic mass is 9.96. The van der Waals surface area contributed by atoms with Crippen molar-refractivity contribution in [2.75, 3.05) is 45.3 Å². The van der Waals surface area contributed by atoms with Gasteiger partial charge in [0.2, 0.25) is 0 Å². The number of piperazine rings is 1.